The number of anilines is 2. The molecule has 0 aliphatic carbocycles. The van der Waals surface area contributed by atoms with Crippen LogP contribution in [0, 0.1) is 0 Å². The molecule has 0 fully saturated rings. The Morgan fingerprint density at radius 1 is 1.18 bits per heavy atom. The maximum Gasteiger partial charge on any atom is 0.434 e. The average molecular weight is 297 g/mol. The van der Waals surface area contributed by atoms with Gasteiger partial charge in [0.15, 0.2) is 0 Å². The van der Waals surface area contributed by atoms with Crippen molar-refractivity contribution < 1.29 is 14.7 Å². The topological polar surface area (TPSA) is 123 Å². The third-order valence-electron chi connectivity index (χ3n) is 3.09. The summed E-state index contributed by atoms with van der Waals surface area (Å²) in [5.74, 6) is -0.358. The summed E-state index contributed by atoms with van der Waals surface area (Å²) in [7, 11) is 0. The Labute approximate surface area is 124 Å². The first-order chi connectivity index (χ1) is 10.6. The molecule has 0 radical (unpaired) electrons. The van der Waals surface area contributed by atoms with Crippen molar-refractivity contribution in [3.8, 4) is 0 Å². The summed E-state index contributed by atoms with van der Waals surface area (Å²) >= 11 is 0. The molecule has 0 saturated heterocycles. The molecule has 0 bridgehead atoms. The summed E-state index contributed by atoms with van der Waals surface area (Å²) in [6, 6.07) is 11.3. The number of hydrogen-bond donors (Lipinski definition) is 3. The predicted octanol–water partition coefficient (Wildman–Crippen LogP) is 1.79. The molecule has 0 atom stereocenters. The van der Waals surface area contributed by atoms with Crippen LogP contribution in [0.5, 0.6) is 0 Å². The Bertz CT molecular complexity index is 887. The van der Waals surface area contributed by atoms with Crippen LogP contribution in [0.25, 0.3) is 11.0 Å². The van der Waals surface area contributed by atoms with E-state index in [4.69, 9.17) is 10.8 Å². The molecule has 1 amide bonds. The number of hydrogen-bond acceptors (Lipinski definition) is 5. The number of carboxylic acid groups (broad SMARTS) is 1. The minimum absolute atomic E-state index is 0.338. The highest BCUT2D eigenvalue weighted by Gasteiger charge is 2.13. The lowest BCUT2D eigenvalue weighted by atomic mass is 10.1. The van der Waals surface area contributed by atoms with Crippen LogP contribution in [-0.2, 0) is 0 Å². The number of fused-ring (bicyclic) bond motifs is 1. The van der Waals surface area contributed by atoms with Crippen molar-refractivity contribution in [3.05, 3.63) is 48.0 Å². The third-order valence-corrected chi connectivity index (χ3v) is 3.09. The normalized spacial score (nSPS) is 10.5. The summed E-state index contributed by atoms with van der Waals surface area (Å²) in [6.45, 7) is 0. The van der Waals surface area contributed by atoms with Gasteiger partial charge in [-0.05, 0) is 30.3 Å². The van der Waals surface area contributed by atoms with Crippen LogP contribution in [0.2, 0.25) is 0 Å². The Morgan fingerprint density at radius 2 is 1.95 bits per heavy atom. The second kappa shape index (κ2) is 5.17. The molecule has 1 aromatic heterocycles. The summed E-state index contributed by atoms with van der Waals surface area (Å²) in [4.78, 5) is 23.1. The van der Waals surface area contributed by atoms with Gasteiger partial charge in [0.25, 0.3) is 5.91 Å². The minimum atomic E-state index is -1.23. The number of benzene rings is 2. The quantitative estimate of drug-likeness (QED) is 0.620. The van der Waals surface area contributed by atoms with Gasteiger partial charge in [-0.3, -0.25) is 4.79 Å². The number of carbonyl (C=O) groups excluding carboxylic acids is 1. The number of nitrogens with zero attached hydrogens (tertiary/aromatic N) is 3. The zero-order valence-corrected chi connectivity index (χ0v) is 11.2. The molecule has 3 aromatic rings. The molecular formula is C14H11N5O3. The molecular weight excluding hydrogens is 286 g/mol. The van der Waals surface area contributed by atoms with Crippen molar-refractivity contribution >= 4 is 34.4 Å². The van der Waals surface area contributed by atoms with Gasteiger partial charge in [-0.1, -0.05) is 17.3 Å². The van der Waals surface area contributed by atoms with Gasteiger partial charge in [-0.2, -0.15) is 0 Å². The average Bonchev–Trinajstić information content (AvgIpc) is 2.91. The fourth-order valence-corrected chi connectivity index (χ4v) is 2.04. The van der Waals surface area contributed by atoms with Gasteiger partial charge in [-0.25, -0.2) is 4.79 Å². The maximum absolute atomic E-state index is 12.2. The number of carbonyl (C=O) groups is 2. The summed E-state index contributed by atoms with van der Waals surface area (Å²) in [5.41, 5.74) is 7.65. The molecule has 0 saturated carbocycles. The van der Waals surface area contributed by atoms with E-state index < -0.39 is 6.09 Å². The zero-order chi connectivity index (χ0) is 15.7. The van der Waals surface area contributed by atoms with E-state index in [0.29, 0.717) is 28.0 Å². The molecule has 22 heavy (non-hydrogen) atoms. The SMILES string of the molecule is Nc1ccccc1C(=O)Nc1ccc2c(c1)nnn2C(=O)O. The van der Waals surface area contributed by atoms with E-state index in [-0.39, 0.29) is 5.91 Å². The second-order valence-corrected chi connectivity index (χ2v) is 4.53. The van der Waals surface area contributed by atoms with Crippen molar-refractivity contribution in [2.45, 2.75) is 0 Å². The molecule has 1 heterocycles. The number of nitrogen functional groups attached to an aromatic ring is 1. The van der Waals surface area contributed by atoms with Gasteiger partial charge in [0.05, 0.1) is 5.56 Å². The molecule has 8 nitrogen and oxygen atoms in total. The van der Waals surface area contributed by atoms with Gasteiger partial charge in [-0.15, -0.1) is 9.78 Å². The van der Waals surface area contributed by atoms with Gasteiger partial charge in [0.1, 0.15) is 11.0 Å². The molecule has 0 unspecified atom stereocenters. The third kappa shape index (κ3) is 2.33. The molecule has 0 aliphatic rings. The summed E-state index contributed by atoms with van der Waals surface area (Å²) in [5, 5.41) is 18.9. The van der Waals surface area contributed by atoms with Gasteiger partial charge in [0, 0.05) is 11.4 Å². The number of rotatable bonds is 2. The van der Waals surface area contributed by atoms with E-state index in [1.807, 2.05) is 0 Å². The van der Waals surface area contributed by atoms with Crippen LogP contribution in [0.15, 0.2) is 42.5 Å². The predicted molar refractivity (Wildman–Crippen MR) is 79.8 cm³/mol. The first-order valence-corrected chi connectivity index (χ1v) is 6.31. The van der Waals surface area contributed by atoms with Crippen LogP contribution in [0.3, 0.4) is 0 Å². The highest BCUT2D eigenvalue weighted by Crippen LogP contribution is 2.19. The van der Waals surface area contributed by atoms with Crippen LogP contribution < -0.4 is 11.1 Å². The molecule has 4 N–H and O–H groups in total. The maximum atomic E-state index is 12.2. The number of nitrogens with two attached hydrogens (primary N) is 1. The lowest BCUT2D eigenvalue weighted by Gasteiger charge is -2.07. The highest BCUT2D eigenvalue weighted by molar-refractivity contribution is 6.08. The molecule has 110 valence electrons. The van der Waals surface area contributed by atoms with Crippen LogP contribution >= 0.6 is 0 Å². The molecule has 0 spiro atoms. The zero-order valence-electron chi connectivity index (χ0n) is 11.2. The first kappa shape index (κ1) is 13.6. The smallest absolute Gasteiger partial charge is 0.434 e. The Morgan fingerprint density at radius 3 is 2.68 bits per heavy atom. The van der Waals surface area contributed by atoms with Crippen LogP contribution in [0.1, 0.15) is 10.4 Å². The Hall–Kier alpha value is -3.42. The monoisotopic (exact) mass is 297 g/mol. The van der Waals surface area contributed by atoms with E-state index in [1.54, 1.807) is 36.4 Å². The minimum Gasteiger partial charge on any atom is -0.463 e. The standard InChI is InChI=1S/C14H11N5O3/c15-10-4-2-1-3-9(10)13(20)16-8-5-6-12-11(7-8)17-18-19(12)14(21)22/h1-7H,15H2,(H,16,20)(H,21,22). The number of para-hydroxylation sites is 1. The summed E-state index contributed by atoms with van der Waals surface area (Å²) in [6.07, 6.45) is -1.23. The van der Waals surface area contributed by atoms with Crippen LogP contribution in [0.4, 0.5) is 16.2 Å². The van der Waals surface area contributed by atoms with Gasteiger partial charge >= 0.3 is 6.09 Å². The molecule has 8 heteroatoms. The van der Waals surface area contributed by atoms with Crippen molar-refractivity contribution in [1.29, 1.82) is 0 Å². The van der Waals surface area contributed by atoms with E-state index in [1.165, 1.54) is 6.07 Å². The van der Waals surface area contributed by atoms with Crippen molar-refractivity contribution in [2.24, 2.45) is 0 Å². The van der Waals surface area contributed by atoms with Crippen molar-refractivity contribution in [2.75, 3.05) is 11.1 Å². The van der Waals surface area contributed by atoms with Crippen molar-refractivity contribution in [1.82, 2.24) is 15.0 Å². The Balaban J connectivity index is 1.90. The highest BCUT2D eigenvalue weighted by atomic mass is 16.4. The van der Waals surface area contributed by atoms with E-state index in [2.05, 4.69) is 15.6 Å². The fourth-order valence-electron chi connectivity index (χ4n) is 2.04. The summed E-state index contributed by atoms with van der Waals surface area (Å²) < 4.78 is 0.760. The van der Waals surface area contributed by atoms with Crippen molar-refractivity contribution in [3.63, 3.8) is 0 Å². The first-order valence-electron chi connectivity index (χ1n) is 6.31. The van der Waals surface area contributed by atoms with E-state index in [9.17, 15) is 9.59 Å². The van der Waals surface area contributed by atoms with E-state index >= 15 is 0 Å². The number of nitrogens with one attached hydrogen (secondary N) is 1. The largest absolute Gasteiger partial charge is 0.463 e. The number of amides is 1. The van der Waals surface area contributed by atoms with Gasteiger partial charge < -0.3 is 16.2 Å². The lowest BCUT2D eigenvalue weighted by molar-refractivity contribution is 0.102. The molecule has 0 aliphatic heterocycles. The molecule has 3 rings (SSSR count). The van der Waals surface area contributed by atoms with Crippen LogP contribution in [-0.4, -0.2) is 32.1 Å². The number of aromatic nitrogens is 3. The lowest BCUT2D eigenvalue weighted by Crippen LogP contribution is -2.14. The molecule has 2 aromatic carbocycles. The van der Waals surface area contributed by atoms with E-state index in [0.717, 1.165) is 4.68 Å². The Kier molecular flexibility index (Phi) is 3.18. The fraction of sp³-hybridized carbons (Fsp3) is 0. The second-order valence-electron chi connectivity index (χ2n) is 4.53. The van der Waals surface area contributed by atoms with Gasteiger partial charge in [0.2, 0.25) is 0 Å².